The van der Waals surface area contributed by atoms with E-state index in [1.54, 1.807) is 0 Å². The van der Waals surface area contributed by atoms with Crippen LogP contribution in [-0.4, -0.2) is 47.4 Å². The van der Waals surface area contributed by atoms with Gasteiger partial charge >= 0.3 is 5.97 Å². The lowest BCUT2D eigenvalue weighted by Gasteiger charge is -2.22. The van der Waals surface area contributed by atoms with E-state index in [1.165, 1.54) is 347 Å². The summed E-state index contributed by atoms with van der Waals surface area (Å²) in [5.41, 5.74) is 0. The Bertz CT molecular complexity index is 1120. The Balaban J connectivity index is 3.29. The van der Waals surface area contributed by atoms with Crippen molar-refractivity contribution in [3.63, 3.8) is 0 Å². The molecule has 0 radical (unpaired) electrons. The average molecular weight is 1090 g/mol. The second-order valence-corrected chi connectivity index (χ2v) is 24.9. The highest BCUT2D eigenvalue weighted by molar-refractivity contribution is 5.76. The van der Waals surface area contributed by atoms with E-state index in [0.717, 1.165) is 38.5 Å². The molecule has 6 heteroatoms. The van der Waals surface area contributed by atoms with Crippen LogP contribution in [0.3, 0.4) is 0 Å². The Morgan fingerprint density at radius 2 is 0.532 bits per heavy atom. The van der Waals surface area contributed by atoms with Crippen molar-refractivity contribution in [2.45, 2.75) is 431 Å². The Hall–Kier alpha value is -1.14. The quantitative estimate of drug-likeness (QED) is 0.0417. The third-order valence-corrected chi connectivity index (χ3v) is 17.2. The van der Waals surface area contributed by atoms with Crippen LogP contribution in [0.2, 0.25) is 0 Å². The van der Waals surface area contributed by atoms with Crippen molar-refractivity contribution in [1.82, 2.24) is 5.32 Å². The second-order valence-electron chi connectivity index (χ2n) is 24.9. The number of hydrogen-bond donors (Lipinski definition) is 3. The summed E-state index contributed by atoms with van der Waals surface area (Å²) in [6.07, 6.45) is 81.7. The molecule has 0 fully saturated rings. The number of hydrogen-bond acceptors (Lipinski definition) is 5. The molecule has 0 aliphatic heterocycles. The largest absolute Gasteiger partial charge is 0.466 e. The van der Waals surface area contributed by atoms with Crippen molar-refractivity contribution in [2.75, 3.05) is 13.2 Å². The Kier molecular flexibility index (Phi) is 66.4. The number of rotatable bonds is 68. The molecular formula is C71H141NO5. The molecule has 0 bridgehead atoms. The van der Waals surface area contributed by atoms with E-state index in [4.69, 9.17) is 4.74 Å². The van der Waals surface area contributed by atoms with Crippen LogP contribution < -0.4 is 5.32 Å². The Morgan fingerprint density at radius 3 is 0.792 bits per heavy atom. The first-order valence-electron chi connectivity index (χ1n) is 35.8. The van der Waals surface area contributed by atoms with E-state index in [0.29, 0.717) is 25.9 Å². The zero-order valence-corrected chi connectivity index (χ0v) is 52.7. The number of aliphatic hydroxyl groups is 2. The molecule has 0 aromatic heterocycles. The molecule has 460 valence electrons. The van der Waals surface area contributed by atoms with Crippen LogP contribution in [0.15, 0.2) is 0 Å². The molecule has 1 amide bonds. The predicted molar refractivity (Wildman–Crippen MR) is 338 cm³/mol. The first kappa shape index (κ1) is 75.9. The summed E-state index contributed by atoms with van der Waals surface area (Å²) in [4.78, 5) is 24.5. The maximum atomic E-state index is 12.5. The normalized spacial score (nSPS) is 12.4. The van der Waals surface area contributed by atoms with Gasteiger partial charge in [0.25, 0.3) is 0 Å². The first-order chi connectivity index (χ1) is 38.0. The molecule has 0 saturated heterocycles. The van der Waals surface area contributed by atoms with Crippen molar-refractivity contribution < 1.29 is 24.5 Å². The zero-order chi connectivity index (χ0) is 55.7. The van der Waals surface area contributed by atoms with Crippen molar-refractivity contribution in [3.05, 3.63) is 0 Å². The summed E-state index contributed by atoms with van der Waals surface area (Å²) < 4.78 is 5.48. The van der Waals surface area contributed by atoms with Crippen LogP contribution in [0, 0.1) is 0 Å². The van der Waals surface area contributed by atoms with Gasteiger partial charge < -0.3 is 20.3 Å². The lowest BCUT2D eigenvalue weighted by molar-refractivity contribution is -0.143. The van der Waals surface area contributed by atoms with Gasteiger partial charge in [-0.05, 0) is 25.7 Å². The number of carbonyl (C=O) groups is 2. The third-order valence-electron chi connectivity index (χ3n) is 17.2. The zero-order valence-electron chi connectivity index (χ0n) is 52.7. The van der Waals surface area contributed by atoms with Crippen LogP contribution in [0.5, 0.6) is 0 Å². The van der Waals surface area contributed by atoms with Crippen molar-refractivity contribution in [2.24, 2.45) is 0 Å². The molecule has 0 aliphatic carbocycles. The Labute approximate surface area is 483 Å². The maximum absolute atomic E-state index is 12.5. The summed E-state index contributed by atoms with van der Waals surface area (Å²) in [6.45, 7) is 4.99. The standard InChI is InChI=1S/C71H141NO5/c1-3-5-7-9-11-13-15-16-40-44-47-51-55-59-63-69(74)68(67-73)72-70(75)64-60-56-52-48-45-41-38-36-34-32-30-28-26-24-22-20-18-17-19-21-23-25-27-29-31-33-35-37-39-42-46-50-54-58-62-66-77-71(76)65-61-57-53-49-43-14-12-10-8-6-4-2/h68-69,73-74H,3-67H2,1-2H3,(H,72,75). The number of aliphatic hydroxyl groups excluding tert-OH is 2. The minimum absolute atomic E-state index is 0.0233. The van der Waals surface area contributed by atoms with Gasteiger partial charge in [0.15, 0.2) is 0 Å². The van der Waals surface area contributed by atoms with Gasteiger partial charge in [-0.1, -0.05) is 380 Å². The molecule has 2 unspecified atom stereocenters. The molecule has 6 nitrogen and oxygen atoms in total. The number of esters is 1. The molecule has 3 N–H and O–H groups in total. The Morgan fingerprint density at radius 1 is 0.312 bits per heavy atom. The topological polar surface area (TPSA) is 95.9 Å². The smallest absolute Gasteiger partial charge is 0.305 e. The molecule has 0 rings (SSSR count). The van der Waals surface area contributed by atoms with E-state index < -0.39 is 12.1 Å². The van der Waals surface area contributed by atoms with Gasteiger partial charge in [-0.2, -0.15) is 0 Å². The molecule has 0 spiro atoms. The van der Waals surface area contributed by atoms with Crippen LogP contribution in [0.4, 0.5) is 0 Å². The maximum Gasteiger partial charge on any atom is 0.305 e. The fraction of sp³-hybridized carbons (Fsp3) is 0.972. The summed E-state index contributed by atoms with van der Waals surface area (Å²) in [5.74, 6) is -0.00301. The SMILES string of the molecule is CCCCCCCCCCCCCCCCC(O)C(CO)NC(=O)CCCCCCCCCCCCCCCCCCCCCCCCCCCCCCCCCCCCCOC(=O)CCCCCCCCCCCCC. The first-order valence-corrected chi connectivity index (χ1v) is 35.8. The summed E-state index contributed by atoms with van der Waals surface area (Å²) >= 11 is 0. The molecule has 0 heterocycles. The monoisotopic (exact) mass is 1090 g/mol. The molecule has 2 atom stereocenters. The molecule has 77 heavy (non-hydrogen) atoms. The fourth-order valence-corrected chi connectivity index (χ4v) is 11.7. The minimum Gasteiger partial charge on any atom is -0.466 e. The summed E-state index contributed by atoms with van der Waals surface area (Å²) in [5, 5.41) is 23.3. The predicted octanol–water partition coefficient (Wildman–Crippen LogP) is 23.0. The highest BCUT2D eigenvalue weighted by atomic mass is 16.5. The van der Waals surface area contributed by atoms with E-state index in [1.807, 2.05) is 0 Å². The van der Waals surface area contributed by atoms with Crippen molar-refractivity contribution in [1.29, 1.82) is 0 Å². The number of carbonyl (C=O) groups excluding carboxylic acids is 2. The van der Waals surface area contributed by atoms with Crippen LogP contribution in [0.1, 0.15) is 418 Å². The summed E-state index contributed by atoms with van der Waals surface area (Å²) in [6, 6.07) is -0.535. The minimum atomic E-state index is -0.659. The van der Waals surface area contributed by atoms with Gasteiger partial charge in [-0.15, -0.1) is 0 Å². The van der Waals surface area contributed by atoms with Crippen molar-refractivity contribution >= 4 is 11.9 Å². The van der Waals surface area contributed by atoms with Gasteiger partial charge in [0.1, 0.15) is 0 Å². The van der Waals surface area contributed by atoms with Gasteiger partial charge in [-0.25, -0.2) is 0 Å². The number of amides is 1. The molecule has 0 aromatic rings. The number of ether oxygens (including phenoxy) is 1. The fourth-order valence-electron chi connectivity index (χ4n) is 11.7. The third kappa shape index (κ3) is 63.9. The lowest BCUT2D eigenvalue weighted by Crippen LogP contribution is -2.45. The number of unbranched alkanes of at least 4 members (excludes halogenated alkanes) is 57. The molecular weight excluding hydrogens is 947 g/mol. The molecule has 0 aromatic carbocycles. The second kappa shape index (κ2) is 67.4. The lowest BCUT2D eigenvalue weighted by atomic mass is 10.0. The van der Waals surface area contributed by atoms with Gasteiger partial charge in [0, 0.05) is 12.8 Å². The van der Waals surface area contributed by atoms with E-state index >= 15 is 0 Å². The van der Waals surface area contributed by atoms with E-state index in [2.05, 4.69) is 19.2 Å². The van der Waals surface area contributed by atoms with Gasteiger partial charge in [0.2, 0.25) is 5.91 Å². The molecule has 0 aliphatic rings. The van der Waals surface area contributed by atoms with Crippen molar-refractivity contribution in [3.8, 4) is 0 Å². The molecule has 0 saturated carbocycles. The van der Waals surface area contributed by atoms with Gasteiger partial charge in [-0.3, -0.25) is 9.59 Å². The van der Waals surface area contributed by atoms with E-state index in [-0.39, 0.29) is 18.5 Å². The van der Waals surface area contributed by atoms with Crippen LogP contribution >= 0.6 is 0 Å². The van der Waals surface area contributed by atoms with E-state index in [9.17, 15) is 19.8 Å². The number of nitrogens with one attached hydrogen (secondary N) is 1. The summed E-state index contributed by atoms with van der Waals surface area (Å²) in [7, 11) is 0. The highest BCUT2D eigenvalue weighted by Crippen LogP contribution is 2.20. The van der Waals surface area contributed by atoms with Crippen LogP contribution in [-0.2, 0) is 14.3 Å². The van der Waals surface area contributed by atoms with Gasteiger partial charge in [0.05, 0.1) is 25.4 Å². The average Bonchev–Trinajstić information content (AvgIpc) is 3.43. The highest BCUT2D eigenvalue weighted by Gasteiger charge is 2.20. The van der Waals surface area contributed by atoms with Crippen LogP contribution in [0.25, 0.3) is 0 Å².